The van der Waals surface area contributed by atoms with Gasteiger partial charge in [-0.1, -0.05) is 11.8 Å². The number of carbonyl (C=O) groups excluding carboxylic acids is 2. The van der Waals surface area contributed by atoms with Gasteiger partial charge in [0.05, 0.1) is 5.75 Å². The molecule has 25 heavy (non-hydrogen) atoms. The van der Waals surface area contributed by atoms with Crippen molar-refractivity contribution in [1.29, 1.82) is 0 Å². The molecule has 0 aliphatic heterocycles. The lowest BCUT2D eigenvalue weighted by molar-refractivity contribution is -0.274. The Morgan fingerprint density at radius 3 is 2.28 bits per heavy atom. The van der Waals surface area contributed by atoms with Crippen molar-refractivity contribution in [2.75, 3.05) is 10.5 Å². The molecule has 2 rings (SSSR count). The largest absolute Gasteiger partial charge is 0.573 e. The predicted molar refractivity (Wildman–Crippen MR) is 92.6 cm³/mol. The monoisotopic (exact) mass is 387 g/mol. The van der Waals surface area contributed by atoms with Crippen molar-refractivity contribution in [3.8, 4) is 5.75 Å². The van der Waals surface area contributed by atoms with E-state index in [-0.39, 0.29) is 17.3 Å². The fraction of sp³-hybridized carbons (Fsp3) is 0.125. The molecule has 1 N–H and O–H groups in total. The first-order valence-electron chi connectivity index (χ1n) is 6.84. The molecule has 0 spiro atoms. The molecule has 0 aliphatic rings. The number of thioether (sulfide) groups is 1. The van der Waals surface area contributed by atoms with Crippen molar-refractivity contribution in [2.24, 2.45) is 0 Å². The lowest BCUT2D eigenvalue weighted by Crippen LogP contribution is -2.16. The van der Waals surface area contributed by atoms with E-state index in [2.05, 4.69) is 9.46 Å². The van der Waals surface area contributed by atoms with Crippen LogP contribution in [-0.4, -0.2) is 23.5 Å². The summed E-state index contributed by atoms with van der Waals surface area (Å²) in [6, 6.07) is 12.1. The third-order valence-electron chi connectivity index (χ3n) is 2.83. The molecule has 0 unspecified atom stereocenters. The van der Waals surface area contributed by atoms with E-state index in [0.717, 1.165) is 17.4 Å². The maximum absolute atomic E-state index is 12.1. The molecule has 2 aromatic rings. The standard InChI is InChI=1S/C16H12F3NO3S2/c17-16(18,19)23-13-5-7-14(8-6-13)25-20-12-3-1-11(2-4-12)15(22)9-24-10-21/h1-8,10,20H,9H2. The number of anilines is 1. The van der Waals surface area contributed by atoms with Crippen LogP contribution in [0.15, 0.2) is 53.4 Å². The fourth-order valence-electron chi connectivity index (χ4n) is 1.74. The topological polar surface area (TPSA) is 55.4 Å². The number of Topliss-reactive ketones (excluding diaryl/α,β-unsaturated/α-hetero) is 1. The van der Waals surface area contributed by atoms with Crippen LogP contribution in [0.1, 0.15) is 10.4 Å². The van der Waals surface area contributed by atoms with Crippen LogP contribution >= 0.6 is 23.7 Å². The number of carbonyl (C=O) groups is 2. The van der Waals surface area contributed by atoms with E-state index in [1.54, 1.807) is 24.3 Å². The average molecular weight is 387 g/mol. The normalized spacial score (nSPS) is 11.0. The first kappa shape index (κ1) is 19.2. The van der Waals surface area contributed by atoms with Crippen LogP contribution in [0.2, 0.25) is 0 Å². The predicted octanol–water partition coefficient (Wildman–Crippen LogP) is 4.81. The minimum Gasteiger partial charge on any atom is -0.406 e. The highest BCUT2D eigenvalue weighted by Crippen LogP contribution is 2.27. The molecular weight excluding hydrogens is 375 g/mol. The summed E-state index contributed by atoms with van der Waals surface area (Å²) in [6.07, 6.45) is -4.71. The summed E-state index contributed by atoms with van der Waals surface area (Å²) in [5, 5.41) is 0. The molecule has 0 saturated heterocycles. The summed E-state index contributed by atoms with van der Waals surface area (Å²) in [6.45, 7) is 0. The maximum atomic E-state index is 12.1. The zero-order valence-corrected chi connectivity index (χ0v) is 14.2. The van der Waals surface area contributed by atoms with Crippen molar-refractivity contribution >= 4 is 40.8 Å². The van der Waals surface area contributed by atoms with Crippen LogP contribution < -0.4 is 9.46 Å². The Kier molecular flexibility index (Phi) is 6.77. The zero-order chi connectivity index (χ0) is 18.3. The highest BCUT2D eigenvalue weighted by molar-refractivity contribution is 8.12. The number of rotatable bonds is 8. The first-order chi connectivity index (χ1) is 11.9. The number of ether oxygens (including phenoxy) is 1. The summed E-state index contributed by atoms with van der Waals surface area (Å²) in [7, 11) is 0. The van der Waals surface area contributed by atoms with Gasteiger partial charge in [-0.2, -0.15) is 0 Å². The molecule has 2 aromatic carbocycles. The third-order valence-corrected chi connectivity index (χ3v) is 4.24. The summed E-state index contributed by atoms with van der Waals surface area (Å²) in [5.74, 6) is -0.332. The quantitative estimate of drug-likeness (QED) is 0.399. The van der Waals surface area contributed by atoms with Gasteiger partial charge in [-0.05, 0) is 60.5 Å². The van der Waals surface area contributed by atoms with Gasteiger partial charge in [0.25, 0.3) is 0 Å². The van der Waals surface area contributed by atoms with E-state index in [4.69, 9.17) is 0 Å². The number of halogens is 3. The van der Waals surface area contributed by atoms with Gasteiger partial charge >= 0.3 is 6.36 Å². The highest BCUT2D eigenvalue weighted by Gasteiger charge is 2.30. The van der Waals surface area contributed by atoms with Gasteiger partial charge < -0.3 is 9.46 Å². The number of benzene rings is 2. The van der Waals surface area contributed by atoms with Crippen molar-refractivity contribution in [2.45, 2.75) is 11.3 Å². The second kappa shape index (κ2) is 8.82. The summed E-state index contributed by atoms with van der Waals surface area (Å²) >= 11 is 2.10. The molecule has 0 aliphatic carbocycles. The molecule has 0 bridgehead atoms. The van der Waals surface area contributed by atoms with E-state index < -0.39 is 6.36 Å². The van der Waals surface area contributed by atoms with Gasteiger partial charge in [-0.15, -0.1) is 13.2 Å². The molecule has 0 saturated carbocycles. The molecule has 132 valence electrons. The van der Waals surface area contributed by atoms with E-state index >= 15 is 0 Å². The van der Waals surface area contributed by atoms with Crippen LogP contribution in [0.25, 0.3) is 0 Å². The highest BCUT2D eigenvalue weighted by atomic mass is 32.2. The van der Waals surface area contributed by atoms with Gasteiger partial charge in [-0.3, -0.25) is 9.59 Å². The molecule has 0 heterocycles. The van der Waals surface area contributed by atoms with E-state index in [9.17, 15) is 22.8 Å². The van der Waals surface area contributed by atoms with Crippen molar-refractivity contribution in [1.82, 2.24) is 0 Å². The molecule has 0 aromatic heterocycles. The zero-order valence-electron chi connectivity index (χ0n) is 12.6. The van der Waals surface area contributed by atoms with Crippen LogP contribution in [0, 0.1) is 0 Å². The number of hydrogen-bond donors (Lipinski definition) is 1. The number of alkyl halides is 3. The van der Waals surface area contributed by atoms with Crippen molar-refractivity contribution in [3.63, 3.8) is 0 Å². The lowest BCUT2D eigenvalue weighted by atomic mass is 10.1. The van der Waals surface area contributed by atoms with Crippen LogP contribution in [0.5, 0.6) is 5.75 Å². The SMILES string of the molecule is O=CSCC(=O)c1ccc(NSc2ccc(OC(F)(F)F)cc2)cc1. The second-order valence-electron chi connectivity index (χ2n) is 4.63. The third kappa shape index (κ3) is 6.71. The smallest absolute Gasteiger partial charge is 0.406 e. The van der Waals surface area contributed by atoms with Crippen LogP contribution in [0.4, 0.5) is 18.9 Å². The molecule has 0 fully saturated rings. The van der Waals surface area contributed by atoms with Crippen molar-refractivity contribution in [3.05, 3.63) is 54.1 Å². The molecule has 9 heteroatoms. The molecular formula is C16H12F3NO3S2. The van der Waals surface area contributed by atoms with Gasteiger partial charge in [0, 0.05) is 16.1 Å². The van der Waals surface area contributed by atoms with Gasteiger partial charge in [0.2, 0.25) is 0 Å². The summed E-state index contributed by atoms with van der Waals surface area (Å²) in [5.41, 5.74) is 1.84. The Morgan fingerprint density at radius 1 is 1.08 bits per heavy atom. The van der Waals surface area contributed by atoms with Gasteiger partial charge in [-0.25, -0.2) is 0 Å². The van der Waals surface area contributed by atoms with E-state index in [1.165, 1.54) is 36.2 Å². The lowest BCUT2D eigenvalue weighted by Gasteiger charge is -2.10. The maximum Gasteiger partial charge on any atom is 0.573 e. The Morgan fingerprint density at radius 2 is 1.72 bits per heavy atom. The van der Waals surface area contributed by atoms with Gasteiger partial charge in [0.15, 0.2) is 11.4 Å². The summed E-state index contributed by atoms with van der Waals surface area (Å²) < 4.78 is 43.1. The number of hydrogen-bond acceptors (Lipinski definition) is 6. The Hall–Kier alpha value is -2.13. The molecule has 0 amide bonds. The Labute approximate surface area is 150 Å². The fourth-order valence-corrected chi connectivity index (χ4v) is 2.77. The number of ketones is 1. The van der Waals surface area contributed by atoms with Crippen molar-refractivity contribution < 1.29 is 27.5 Å². The van der Waals surface area contributed by atoms with E-state index in [1.807, 2.05) is 0 Å². The van der Waals surface area contributed by atoms with E-state index in [0.29, 0.717) is 16.1 Å². The Bertz CT molecular complexity index is 719. The molecule has 0 atom stereocenters. The average Bonchev–Trinajstić information content (AvgIpc) is 2.58. The molecule has 4 nitrogen and oxygen atoms in total. The van der Waals surface area contributed by atoms with Crippen LogP contribution in [-0.2, 0) is 4.79 Å². The number of nitrogens with one attached hydrogen (secondary N) is 1. The minimum atomic E-state index is -4.71. The minimum absolute atomic E-state index is 0.0946. The Balaban J connectivity index is 1.88. The van der Waals surface area contributed by atoms with Crippen LogP contribution in [0.3, 0.4) is 0 Å². The first-order valence-corrected chi connectivity index (χ1v) is 8.71. The van der Waals surface area contributed by atoms with Gasteiger partial charge in [0.1, 0.15) is 5.75 Å². The second-order valence-corrected chi connectivity index (χ2v) is 6.33. The summed E-state index contributed by atoms with van der Waals surface area (Å²) in [4.78, 5) is 22.7. The molecule has 0 radical (unpaired) electrons.